The summed E-state index contributed by atoms with van der Waals surface area (Å²) in [6.45, 7) is 1.85. The lowest BCUT2D eigenvalue weighted by Crippen LogP contribution is -2.05. The van der Waals surface area contributed by atoms with Crippen LogP contribution in [0, 0.1) is 0 Å². The molecule has 0 aliphatic rings. The van der Waals surface area contributed by atoms with E-state index in [9.17, 15) is 4.79 Å². The van der Waals surface area contributed by atoms with Crippen molar-refractivity contribution in [3.8, 4) is 5.69 Å². The Morgan fingerprint density at radius 3 is 2.87 bits per heavy atom. The molecular formula is C11H11N3O. The van der Waals surface area contributed by atoms with Crippen molar-refractivity contribution in [1.82, 2.24) is 14.8 Å². The molecule has 0 radical (unpaired) electrons. The molecule has 1 aromatic carbocycles. The number of nitrogens with zero attached hydrogens (tertiary/aromatic N) is 3. The highest BCUT2D eigenvalue weighted by Crippen LogP contribution is 2.14. The van der Waals surface area contributed by atoms with Crippen LogP contribution in [0.1, 0.15) is 23.7 Å². The van der Waals surface area contributed by atoms with Gasteiger partial charge in [-0.2, -0.15) is 5.10 Å². The maximum absolute atomic E-state index is 11.7. The predicted molar refractivity (Wildman–Crippen MR) is 56.0 cm³/mol. The molecule has 4 nitrogen and oxygen atoms in total. The number of benzene rings is 1. The molecule has 76 valence electrons. The quantitative estimate of drug-likeness (QED) is 0.712. The van der Waals surface area contributed by atoms with Gasteiger partial charge in [0.1, 0.15) is 12.7 Å². The first kappa shape index (κ1) is 9.58. The van der Waals surface area contributed by atoms with E-state index in [0.29, 0.717) is 12.0 Å². The molecule has 0 N–H and O–H groups in total. The van der Waals surface area contributed by atoms with Crippen molar-refractivity contribution >= 4 is 5.78 Å². The lowest BCUT2D eigenvalue weighted by molar-refractivity contribution is 0.0988. The summed E-state index contributed by atoms with van der Waals surface area (Å²) in [5.74, 6) is 0.112. The molecule has 1 heterocycles. The van der Waals surface area contributed by atoms with Crippen molar-refractivity contribution in [3.63, 3.8) is 0 Å². The molecular weight excluding hydrogens is 190 g/mol. The van der Waals surface area contributed by atoms with Crippen LogP contribution >= 0.6 is 0 Å². The van der Waals surface area contributed by atoms with Crippen LogP contribution in [-0.4, -0.2) is 20.5 Å². The Morgan fingerprint density at radius 2 is 2.20 bits per heavy atom. The average molecular weight is 201 g/mol. The van der Waals surface area contributed by atoms with Crippen molar-refractivity contribution in [2.24, 2.45) is 0 Å². The number of para-hydroxylation sites is 1. The van der Waals surface area contributed by atoms with Gasteiger partial charge in [0.25, 0.3) is 0 Å². The van der Waals surface area contributed by atoms with Crippen molar-refractivity contribution in [3.05, 3.63) is 42.5 Å². The summed E-state index contributed by atoms with van der Waals surface area (Å²) >= 11 is 0. The molecule has 2 rings (SSSR count). The van der Waals surface area contributed by atoms with Crippen LogP contribution in [0.4, 0.5) is 0 Å². The van der Waals surface area contributed by atoms with Gasteiger partial charge >= 0.3 is 0 Å². The van der Waals surface area contributed by atoms with Gasteiger partial charge in [-0.05, 0) is 12.1 Å². The SMILES string of the molecule is CCC(=O)c1ccccc1-n1cncn1. The highest BCUT2D eigenvalue weighted by atomic mass is 16.1. The first-order chi connectivity index (χ1) is 7.33. The normalized spacial score (nSPS) is 10.2. The highest BCUT2D eigenvalue weighted by Gasteiger charge is 2.10. The summed E-state index contributed by atoms with van der Waals surface area (Å²) in [7, 11) is 0. The van der Waals surface area contributed by atoms with Crippen LogP contribution in [0.2, 0.25) is 0 Å². The third kappa shape index (κ3) is 1.79. The van der Waals surface area contributed by atoms with E-state index in [1.807, 2.05) is 31.2 Å². The van der Waals surface area contributed by atoms with E-state index in [4.69, 9.17) is 0 Å². The van der Waals surface area contributed by atoms with Gasteiger partial charge in [0.2, 0.25) is 0 Å². The van der Waals surface area contributed by atoms with Crippen molar-refractivity contribution in [2.45, 2.75) is 13.3 Å². The van der Waals surface area contributed by atoms with Crippen LogP contribution in [-0.2, 0) is 0 Å². The van der Waals surface area contributed by atoms with Gasteiger partial charge in [0.15, 0.2) is 5.78 Å². The van der Waals surface area contributed by atoms with Crippen molar-refractivity contribution in [2.75, 3.05) is 0 Å². The largest absolute Gasteiger partial charge is 0.294 e. The molecule has 0 saturated heterocycles. The van der Waals surface area contributed by atoms with Gasteiger partial charge in [0, 0.05) is 12.0 Å². The summed E-state index contributed by atoms with van der Waals surface area (Å²) in [5.41, 5.74) is 1.47. The summed E-state index contributed by atoms with van der Waals surface area (Å²) < 4.78 is 1.60. The second-order valence-corrected chi connectivity index (χ2v) is 3.13. The van der Waals surface area contributed by atoms with Crippen LogP contribution < -0.4 is 0 Å². The van der Waals surface area contributed by atoms with Gasteiger partial charge in [-0.15, -0.1) is 0 Å². The summed E-state index contributed by atoms with van der Waals surface area (Å²) in [6.07, 6.45) is 3.53. The molecule has 0 atom stereocenters. The minimum Gasteiger partial charge on any atom is -0.294 e. The Hall–Kier alpha value is -1.97. The Balaban J connectivity index is 2.52. The number of rotatable bonds is 3. The third-order valence-electron chi connectivity index (χ3n) is 2.19. The van der Waals surface area contributed by atoms with E-state index in [0.717, 1.165) is 5.69 Å². The maximum Gasteiger partial charge on any atom is 0.164 e. The van der Waals surface area contributed by atoms with Gasteiger partial charge in [-0.3, -0.25) is 4.79 Å². The standard InChI is InChI=1S/C11H11N3O/c1-2-11(15)9-5-3-4-6-10(9)14-8-12-7-13-14/h3-8H,2H2,1H3. The van der Waals surface area contributed by atoms with E-state index >= 15 is 0 Å². The number of hydrogen-bond acceptors (Lipinski definition) is 3. The van der Waals surface area contributed by atoms with Gasteiger partial charge in [0.05, 0.1) is 5.69 Å². The van der Waals surface area contributed by atoms with Gasteiger partial charge in [-0.25, -0.2) is 9.67 Å². The highest BCUT2D eigenvalue weighted by molar-refractivity contribution is 5.99. The monoisotopic (exact) mass is 201 g/mol. The number of carbonyl (C=O) groups excluding carboxylic acids is 1. The second-order valence-electron chi connectivity index (χ2n) is 3.13. The summed E-state index contributed by atoms with van der Waals surface area (Å²) in [5, 5.41) is 4.02. The first-order valence-electron chi connectivity index (χ1n) is 4.80. The molecule has 0 aliphatic carbocycles. The van der Waals surface area contributed by atoms with Crippen LogP contribution in [0.5, 0.6) is 0 Å². The molecule has 0 aliphatic heterocycles. The number of ketones is 1. The zero-order valence-corrected chi connectivity index (χ0v) is 8.42. The van der Waals surface area contributed by atoms with E-state index in [1.54, 1.807) is 11.0 Å². The van der Waals surface area contributed by atoms with E-state index in [2.05, 4.69) is 10.1 Å². The minimum absolute atomic E-state index is 0.112. The number of hydrogen-bond donors (Lipinski definition) is 0. The fraction of sp³-hybridized carbons (Fsp3) is 0.182. The molecule has 0 fully saturated rings. The smallest absolute Gasteiger partial charge is 0.164 e. The Labute approximate surface area is 87.6 Å². The van der Waals surface area contributed by atoms with Crippen molar-refractivity contribution < 1.29 is 4.79 Å². The third-order valence-corrected chi connectivity index (χ3v) is 2.19. The molecule has 0 spiro atoms. The zero-order chi connectivity index (χ0) is 10.7. The van der Waals surface area contributed by atoms with Crippen LogP contribution in [0.25, 0.3) is 5.69 Å². The Morgan fingerprint density at radius 1 is 1.40 bits per heavy atom. The molecule has 4 heteroatoms. The van der Waals surface area contributed by atoms with Gasteiger partial charge in [-0.1, -0.05) is 19.1 Å². The fourth-order valence-electron chi connectivity index (χ4n) is 1.43. The van der Waals surface area contributed by atoms with Gasteiger partial charge < -0.3 is 0 Å². The Kier molecular flexibility index (Phi) is 2.58. The molecule has 0 saturated carbocycles. The molecule has 0 unspecified atom stereocenters. The number of aromatic nitrogens is 3. The predicted octanol–water partition coefficient (Wildman–Crippen LogP) is 1.86. The molecule has 0 bridgehead atoms. The molecule has 0 amide bonds. The second kappa shape index (κ2) is 4.04. The summed E-state index contributed by atoms with van der Waals surface area (Å²) in [4.78, 5) is 15.5. The number of Topliss-reactive ketones (excluding diaryl/α,β-unsaturated/α-hetero) is 1. The lowest BCUT2D eigenvalue weighted by Gasteiger charge is -2.06. The zero-order valence-electron chi connectivity index (χ0n) is 8.42. The maximum atomic E-state index is 11.7. The van der Waals surface area contributed by atoms with Crippen LogP contribution in [0.3, 0.4) is 0 Å². The fourth-order valence-corrected chi connectivity index (χ4v) is 1.43. The average Bonchev–Trinajstić information content (AvgIpc) is 2.81. The first-order valence-corrected chi connectivity index (χ1v) is 4.80. The topological polar surface area (TPSA) is 47.8 Å². The lowest BCUT2D eigenvalue weighted by atomic mass is 10.1. The number of carbonyl (C=O) groups is 1. The van der Waals surface area contributed by atoms with Crippen molar-refractivity contribution in [1.29, 1.82) is 0 Å². The van der Waals surface area contributed by atoms with E-state index in [1.165, 1.54) is 6.33 Å². The van der Waals surface area contributed by atoms with E-state index in [-0.39, 0.29) is 5.78 Å². The molecule has 2 aromatic rings. The van der Waals surface area contributed by atoms with E-state index < -0.39 is 0 Å². The minimum atomic E-state index is 0.112. The summed E-state index contributed by atoms with van der Waals surface area (Å²) in [6, 6.07) is 7.40. The Bertz CT molecular complexity index is 462. The molecule has 15 heavy (non-hydrogen) atoms. The van der Waals surface area contributed by atoms with Crippen LogP contribution in [0.15, 0.2) is 36.9 Å². The molecule has 1 aromatic heterocycles.